The van der Waals surface area contributed by atoms with Crippen LogP contribution in [-0.4, -0.2) is 17.5 Å². The minimum atomic E-state index is -0.299. The van der Waals surface area contributed by atoms with Gasteiger partial charge in [-0.1, -0.05) is 23.9 Å². The molecule has 0 spiro atoms. The summed E-state index contributed by atoms with van der Waals surface area (Å²) in [6.07, 6.45) is 3.59. The van der Waals surface area contributed by atoms with Crippen LogP contribution in [0, 0.1) is 5.82 Å². The molecule has 1 rings (SSSR count). The number of benzene rings is 1. The number of hydrogen-bond acceptors (Lipinski definition) is 3. The first-order valence-corrected chi connectivity index (χ1v) is 6.34. The largest absolute Gasteiger partial charge is 0.493 e. The smallest absolute Gasteiger partial charge is 0.186 e. The molecule has 1 aromatic carbocycles. The SMILES string of the molecule is CCOc1ccc(F)cc1C=CCSC(C)=O. The zero-order valence-corrected chi connectivity index (χ0v) is 10.7. The van der Waals surface area contributed by atoms with E-state index in [1.54, 1.807) is 12.1 Å². The number of carbonyl (C=O) groups is 1. The normalized spacial score (nSPS) is 10.8. The van der Waals surface area contributed by atoms with Gasteiger partial charge >= 0.3 is 0 Å². The molecule has 0 aliphatic carbocycles. The highest BCUT2D eigenvalue weighted by molar-refractivity contribution is 8.13. The first kappa shape index (κ1) is 13.8. The summed E-state index contributed by atoms with van der Waals surface area (Å²) in [7, 11) is 0. The van der Waals surface area contributed by atoms with Crippen LogP contribution >= 0.6 is 11.8 Å². The lowest BCUT2D eigenvalue weighted by atomic mass is 10.2. The molecule has 1 aromatic rings. The summed E-state index contributed by atoms with van der Waals surface area (Å²) in [6.45, 7) is 3.93. The number of carbonyl (C=O) groups excluding carboxylic acids is 1. The molecule has 0 unspecified atom stereocenters. The number of ether oxygens (including phenoxy) is 1. The van der Waals surface area contributed by atoms with Crippen LogP contribution in [0.15, 0.2) is 24.3 Å². The Morgan fingerprint density at radius 3 is 2.94 bits per heavy atom. The Hall–Kier alpha value is -1.29. The molecule has 0 amide bonds. The molecule has 0 saturated heterocycles. The topological polar surface area (TPSA) is 26.3 Å². The van der Waals surface area contributed by atoms with Crippen molar-refractivity contribution < 1.29 is 13.9 Å². The van der Waals surface area contributed by atoms with Gasteiger partial charge in [0.25, 0.3) is 0 Å². The molecule has 0 radical (unpaired) electrons. The highest BCUT2D eigenvalue weighted by Crippen LogP contribution is 2.21. The molecule has 0 heterocycles. The Kier molecular flexibility index (Phi) is 5.77. The zero-order valence-electron chi connectivity index (χ0n) is 9.90. The molecule has 0 fully saturated rings. The van der Waals surface area contributed by atoms with E-state index in [0.717, 1.165) is 0 Å². The summed E-state index contributed by atoms with van der Waals surface area (Å²) in [6, 6.07) is 4.39. The highest BCUT2D eigenvalue weighted by Gasteiger charge is 2.01. The van der Waals surface area contributed by atoms with Gasteiger partial charge in [0, 0.05) is 18.2 Å². The predicted octanol–water partition coefficient (Wildman–Crippen LogP) is 3.52. The first-order chi connectivity index (χ1) is 8.13. The highest BCUT2D eigenvalue weighted by atomic mass is 32.2. The Balaban J connectivity index is 2.73. The van der Waals surface area contributed by atoms with Gasteiger partial charge in [0.05, 0.1) is 6.61 Å². The van der Waals surface area contributed by atoms with Crippen LogP contribution in [0.4, 0.5) is 4.39 Å². The van der Waals surface area contributed by atoms with Crippen molar-refractivity contribution in [1.82, 2.24) is 0 Å². The molecular formula is C13H15FO2S. The van der Waals surface area contributed by atoms with E-state index in [9.17, 15) is 9.18 Å². The van der Waals surface area contributed by atoms with Crippen LogP contribution in [0.3, 0.4) is 0 Å². The van der Waals surface area contributed by atoms with E-state index >= 15 is 0 Å². The van der Waals surface area contributed by atoms with Crippen molar-refractivity contribution in [3.63, 3.8) is 0 Å². The van der Waals surface area contributed by atoms with Gasteiger partial charge < -0.3 is 4.74 Å². The summed E-state index contributed by atoms with van der Waals surface area (Å²) >= 11 is 1.21. The van der Waals surface area contributed by atoms with E-state index < -0.39 is 0 Å². The second-order valence-electron chi connectivity index (χ2n) is 3.32. The van der Waals surface area contributed by atoms with Crippen LogP contribution in [-0.2, 0) is 4.79 Å². The molecule has 4 heteroatoms. The van der Waals surface area contributed by atoms with Crippen molar-refractivity contribution in [2.45, 2.75) is 13.8 Å². The van der Waals surface area contributed by atoms with Gasteiger partial charge in [0.15, 0.2) is 5.12 Å². The summed E-state index contributed by atoms with van der Waals surface area (Å²) in [4.78, 5) is 10.7. The predicted molar refractivity (Wildman–Crippen MR) is 69.7 cm³/mol. The molecule has 0 bridgehead atoms. The van der Waals surface area contributed by atoms with E-state index in [4.69, 9.17) is 4.74 Å². The minimum Gasteiger partial charge on any atom is -0.493 e. The van der Waals surface area contributed by atoms with E-state index in [0.29, 0.717) is 23.7 Å². The molecule has 0 atom stereocenters. The fourth-order valence-electron chi connectivity index (χ4n) is 1.28. The lowest BCUT2D eigenvalue weighted by Crippen LogP contribution is -1.94. The molecule has 0 aliphatic heterocycles. The quantitative estimate of drug-likeness (QED) is 0.804. The van der Waals surface area contributed by atoms with Crippen LogP contribution in [0.5, 0.6) is 5.75 Å². The standard InChI is InChI=1S/C13H15FO2S/c1-3-16-13-7-6-12(14)9-11(13)5-4-8-17-10(2)15/h4-7,9H,3,8H2,1-2H3. The van der Waals surface area contributed by atoms with Gasteiger partial charge in [-0.3, -0.25) is 4.79 Å². The Labute approximate surface area is 105 Å². The lowest BCUT2D eigenvalue weighted by Gasteiger charge is -2.06. The molecule has 92 valence electrons. The molecule has 0 aliphatic rings. The first-order valence-electron chi connectivity index (χ1n) is 5.35. The van der Waals surface area contributed by atoms with E-state index in [-0.39, 0.29) is 10.9 Å². The zero-order chi connectivity index (χ0) is 12.7. The maximum absolute atomic E-state index is 13.1. The van der Waals surface area contributed by atoms with E-state index in [1.165, 1.54) is 30.8 Å². The fraction of sp³-hybridized carbons (Fsp3) is 0.308. The van der Waals surface area contributed by atoms with E-state index in [1.807, 2.05) is 13.0 Å². The van der Waals surface area contributed by atoms with Gasteiger partial charge in [-0.05, 0) is 25.1 Å². The minimum absolute atomic E-state index is 0.0684. The molecule has 2 nitrogen and oxygen atoms in total. The van der Waals surface area contributed by atoms with Crippen molar-refractivity contribution in [1.29, 1.82) is 0 Å². The molecule has 0 aromatic heterocycles. The van der Waals surface area contributed by atoms with Crippen LogP contribution in [0.2, 0.25) is 0 Å². The van der Waals surface area contributed by atoms with Gasteiger partial charge in [-0.25, -0.2) is 4.39 Å². The lowest BCUT2D eigenvalue weighted by molar-refractivity contribution is -0.109. The average Bonchev–Trinajstić information content (AvgIpc) is 2.28. The molecule has 0 saturated carbocycles. The summed E-state index contributed by atoms with van der Waals surface area (Å²) in [5.41, 5.74) is 0.691. The van der Waals surface area contributed by atoms with Crippen LogP contribution < -0.4 is 4.74 Å². The molecular weight excluding hydrogens is 239 g/mol. The Morgan fingerprint density at radius 1 is 1.53 bits per heavy atom. The Morgan fingerprint density at radius 2 is 2.29 bits per heavy atom. The van der Waals surface area contributed by atoms with E-state index in [2.05, 4.69) is 0 Å². The monoisotopic (exact) mass is 254 g/mol. The second-order valence-corrected chi connectivity index (χ2v) is 4.52. The van der Waals surface area contributed by atoms with Crippen molar-refractivity contribution in [3.8, 4) is 5.75 Å². The van der Waals surface area contributed by atoms with Crippen LogP contribution in [0.1, 0.15) is 19.4 Å². The van der Waals surface area contributed by atoms with Crippen molar-refractivity contribution >= 4 is 23.0 Å². The molecule has 17 heavy (non-hydrogen) atoms. The number of hydrogen-bond donors (Lipinski definition) is 0. The summed E-state index contributed by atoms with van der Waals surface area (Å²) in [5, 5.41) is 0.0684. The summed E-state index contributed by atoms with van der Waals surface area (Å²) < 4.78 is 18.5. The Bertz CT molecular complexity index is 416. The maximum atomic E-state index is 13.1. The fourth-order valence-corrected chi connectivity index (χ4v) is 1.70. The number of rotatable bonds is 5. The van der Waals surface area contributed by atoms with Crippen molar-refractivity contribution in [2.75, 3.05) is 12.4 Å². The second kappa shape index (κ2) is 7.12. The summed E-state index contributed by atoms with van der Waals surface area (Å²) in [5.74, 6) is 0.933. The van der Waals surface area contributed by atoms with Crippen molar-refractivity contribution in [2.24, 2.45) is 0 Å². The van der Waals surface area contributed by atoms with Gasteiger partial charge in [0.2, 0.25) is 0 Å². The van der Waals surface area contributed by atoms with Gasteiger partial charge in [-0.15, -0.1) is 0 Å². The molecule has 0 N–H and O–H groups in total. The maximum Gasteiger partial charge on any atom is 0.186 e. The third-order valence-corrected chi connectivity index (χ3v) is 2.72. The third-order valence-electron chi connectivity index (χ3n) is 1.95. The number of thioether (sulfide) groups is 1. The van der Waals surface area contributed by atoms with Gasteiger partial charge in [0.1, 0.15) is 11.6 Å². The third kappa shape index (κ3) is 5.04. The number of halogens is 1. The van der Waals surface area contributed by atoms with Crippen LogP contribution in [0.25, 0.3) is 6.08 Å². The van der Waals surface area contributed by atoms with Crippen molar-refractivity contribution in [3.05, 3.63) is 35.7 Å². The van der Waals surface area contributed by atoms with Gasteiger partial charge in [-0.2, -0.15) is 0 Å². The average molecular weight is 254 g/mol.